The fourth-order valence-electron chi connectivity index (χ4n) is 3.59. The van der Waals surface area contributed by atoms with Gasteiger partial charge in [-0.15, -0.1) is 0 Å². The van der Waals surface area contributed by atoms with Crippen LogP contribution in [0.4, 0.5) is 11.6 Å². The standard InChI is InChI=1S/C24H27N5O3/c1-5-32-20-13-17(8-11-19(20)30)22-27-23(26-18-9-6-16(7-10-18)14(2)3)28-24-25-15(4)12-21(31)29(22)24/h6-14,22,30H,5H2,1-4H3,(H2,25,26,27,28)/t22-/m0/s1. The number of anilines is 2. The van der Waals surface area contributed by atoms with Crippen LogP contribution in [0.5, 0.6) is 11.5 Å². The third kappa shape index (κ3) is 4.30. The molecule has 0 saturated heterocycles. The number of phenols is 1. The van der Waals surface area contributed by atoms with Crippen molar-refractivity contribution in [1.82, 2.24) is 9.55 Å². The lowest BCUT2D eigenvalue weighted by Gasteiger charge is -2.27. The number of hydrogen-bond acceptors (Lipinski definition) is 7. The molecule has 2 heterocycles. The van der Waals surface area contributed by atoms with Gasteiger partial charge in [0.2, 0.25) is 11.9 Å². The van der Waals surface area contributed by atoms with Gasteiger partial charge in [-0.25, -0.2) is 9.98 Å². The number of rotatable bonds is 5. The Morgan fingerprint density at radius 1 is 1.19 bits per heavy atom. The van der Waals surface area contributed by atoms with Crippen molar-refractivity contribution in [3.05, 3.63) is 75.7 Å². The van der Waals surface area contributed by atoms with Crippen molar-refractivity contribution in [3.8, 4) is 11.5 Å². The zero-order valence-corrected chi connectivity index (χ0v) is 18.6. The first-order chi connectivity index (χ1) is 15.4. The van der Waals surface area contributed by atoms with Crippen LogP contribution in [0.25, 0.3) is 0 Å². The van der Waals surface area contributed by atoms with Gasteiger partial charge < -0.3 is 15.2 Å². The number of aromatic hydroxyl groups is 1. The first-order valence-electron chi connectivity index (χ1n) is 10.6. The highest BCUT2D eigenvalue weighted by molar-refractivity contribution is 6.03. The van der Waals surface area contributed by atoms with E-state index in [1.807, 2.05) is 19.1 Å². The number of aromatic nitrogens is 2. The molecule has 8 heteroatoms. The molecule has 0 spiro atoms. The summed E-state index contributed by atoms with van der Waals surface area (Å²) in [6.07, 6.45) is -0.677. The van der Waals surface area contributed by atoms with E-state index >= 15 is 0 Å². The molecule has 1 aliphatic heterocycles. The average Bonchev–Trinajstić information content (AvgIpc) is 2.75. The molecule has 3 N–H and O–H groups in total. The lowest BCUT2D eigenvalue weighted by Crippen LogP contribution is -2.37. The summed E-state index contributed by atoms with van der Waals surface area (Å²) < 4.78 is 7.01. The van der Waals surface area contributed by atoms with E-state index in [1.54, 1.807) is 25.1 Å². The van der Waals surface area contributed by atoms with Crippen molar-refractivity contribution in [3.63, 3.8) is 0 Å². The van der Waals surface area contributed by atoms with E-state index in [0.717, 1.165) is 5.69 Å². The summed E-state index contributed by atoms with van der Waals surface area (Å²) in [6, 6.07) is 14.6. The van der Waals surface area contributed by atoms with Crippen molar-refractivity contribution in [2.45, 2.75) is 39.8 Å². The molecule has 1 aromatic heterocycles. The molecule has 3 aromatic rings. The van der Waals surface area contributed by atoms with Crippen molar-refractivity contribution in [1.29, 1.82) is 0 Å². The molecule has 2 aromatic carbocycles. The van der Waals surface area contributed by atoms with Crippen LogP contribution in [0.3, 0.4) is 0 Å². The molecule has 32 heavy (non-hydrogen) atoms. The maximum atomic E-state index is 12.8. The van der Waals surface area contributed by atoms with Gasteiger partial charge in [0.1, 0.15) is 0 Å². The van der Waals surface area contributed by atoms with Gasteiger partial charge in [-0.3, -0.25) is 14.7 Å². The summed E-state index contributed by atoms with van der Waals surface area (Å²) in [4.78, 5) is 22.1. The summed E-state index contributed by atoms with van der Waals surface area (Å²) in [5.41, 5.74) is 3.18. The number of fused-ring (bicyclic) bond motifs is 1. The number of benzene rings is 2. The average molecular weight is 434 g/mol. The molecule has 0 fully saturated rings. The minimum absolute atomic E-state index is 0.0340. The lowest BCUT2D eigenvalue weighted by molar-refractivity contribution is 0.317. The molecule has 1 atom stereocenters. The highest BCUT2D eigenvalue weighted by Gasteiger charge is 2.26. The summed E-state index contributed by atoms with van der Waals surface area (Å²) in [6.45, 7) is 8.32. The number of hydrogen-bond donors (Lipinski definition) is 3. The third-order valence-corrected chi connectivity index (χ3v) is 5.23. The van der Waals surface area contributed by atoms with Gasteiger partial charge >= 0.3 is 0 Å². The Hall–Kier alpha value is -3.81. The Kier molecular flexibility index (Phi) is 5.85. The van der Waals surface area contributed by atoms with E-state index in [1.165, 1.54) is 16.2 Å². The zero-order chi connectivity index (χ0) is 22.8. The van der Waals surface area contributed by atoms with Crippen LogP contribution < -0.4 is 20.9 Å². The molecule has 0 saturated carbocycles. The molecule has 0 aliphatic carbocycles. The van der Waals surface area contributed by atoms with Crippen LogP contribution >= 0.6 is 0 Å². The second kappa shape index (κ2) is 8.74. The lowest BCUT2D eigenvalue weighted by atomic mass is 10.0. The summed E-state index contributed by atoms with van der Waals surface area (Å²) in [7, 11) is 0. The zero-order valence-electron chi connectivity index (χ0n) is 18.6. The number of guanidine groups is 1. The molecule has 0 radical (unpaired) electrons. The minimum Gasteiger partial charge on any atom is -0.504 e. The number of aryl methyl sites for hydroxylation is 1. The topological polar surface area (TPSA) is 101 Å². The van der Waals surface area contributed by atoms with Crippen LogP contribution in [-0.4, -0.2) is 27.2 Å². The van der Waals surface area contributed by atoms with Crippen molar-refractivity contribution in [2.24, 2.45) is 4.99 Å². The number of nitrogens with zero attached hydrogens (tertiary/aromatic N) is 3. The van der Waals surface area contributed by atoms with Crippen LogP contribution in [-0.2, 0) is 0 Å². The van der Waals surface area contributed by atoms with Gasteiger partial charge in [0.05, 0.1) is 6.61 Å². The number of ether oxygens (including phenoxy) is 1. The Balaban J connectivity index is 1.75. The van der Waals surface area contributed by atoms with Crippen LogP contribution in [0.15, 0.2) is 58.3 Å². The van der Waals surface area contributed by atoms with Gasteiger partial charge in [0.25, 0.3) is 5.56 Å². The quantitative estimate of drug-likeness (QED) is 0.557. The monoisotopic (exact) mass is 433 g/mol. The second-order valence-corrected chi connectivity index (χ2v) is 7.97. The highest BCUT2D eigenvalue weighted by Crippen LogP contribution is 2.33. The fourth-order valence-corrected chi connectivity index (χ4v) is 3.59. The predicted octanol–water partition coefficient (Wildman–Crippen LogP) is 4.22. The van der Waals surface area contributed by atoms with Gasteiger partial charge in [-0.2, -0.15) is 0 Å². The smallest absolute Gasteiger partial charge is 0.257 e. The molecule has 166 valence electrons. The molecule has 0 bridgehead atoms. The molecule has 4 rings (SSSR count). The molecule has 0 amide bonds. The van der Waals surface area contributed by atoms with E-state index < -0.39 is 6.17 Å². The predicted molar refractivity (Wildman–Crippen MR) is 126 cm³/mol. The number of aliphatic imine (C=N–C) groups is 1. The van der Waals surface area contributed by atoms with E-state index in [9.17, 15) is 9.90 Å². The van der Waals surface area contributed by atoms with E-state index in [2.05, 4.69) is 41.6 Å². The van der Waals surface area contributed by atoms with Gasteiger partial charge in [0, 0.05) is 23.0 Å². The molecule has 1 aliphatic rings. The molecular formula is C24H27N5O3. The van der Waals surface area contributed by atoms with Crippen LogP contribution in [0.1, 0.15) is 49.7 Å². The van der Waals surface area contributed by atoms with Gasteiger partial charge in [-0.05, 0) is 49.6 Å². The van der Waals surface area contributed by atoms with Crippen LogP contribution in [0, 0.1) is 6.92 Å². The minimum atomic E-state index is -0.677. The first kappa shape index (κ1) is 21.4. The molecular weight excluding hydrogens is 406 g/mol. The number of phenolic OH excluding ortho intramolecular Hbond substituents is 1. The van der Waals surface area contributed by atoms with E-state index in [-0.39, 0.29) is 11.3 Å². The third-order valence-electron chi connectivity index (χ3n) is 5.23. The van der Waals surface area contributed by atoms with Crippen molar-refractivity contribution in [2.75, 3.05) is 17.2 Å². The van der Waals surface area contributed by atoms with E-state index in [0.29, 0.717) is 41.4 Å². The molecule has 8 nitrogen and oxygen atoms in total. The van der Waals surface area contributed by atoms with E-state index in [4.69, 9.17) is 9.73 Å². The maximum Gasteiger partial charge on any atom is 0.257 e. The Morgan fingerprint density at radius 2 is 1.94 bits per heavy atom. The Morgan fingerprint density at radius 3 is 2.62 bits per heavy atom. The SMILES string of the molecule is CCOc1cc([C@H]2N=C(Nc3ccc(C(C)C)cc3)Nc3nc(C)cc(=O)n32)ccc1O. The van der Waals surface area contributed by atoms with Gasteiger partial charge in [-0.1, -0.05) is 32.0 Å². The Labute approximate surface area is 186 Å². The fraction of sp³-hybridized carbons (Fsp3) is 0.292. The normalized spacial score (nSPS) is 15.0. The second-order valence-electron chi connectivity index (χ2n) is 7.97. The summed E-state index contributed by atoms with van der Waals surface area (Å²) in [5, 5.41) is 16.5. The Bertz CT molecular complexity index is 1220. The maximum absolute atomic E-state index is 12.8. The largest absolute Gasteiger partial charge is 0.504 e. The number of nitrogens with one attached hydrogen (secondary N) is 2. The van der Waals surface area contributed by atoms with Crippen molar-refractivity contribution < 1.29 is 9.84 Å². The van der Waals surface area contributed by atoms with Gasteiger partial charge in [0.15, 0.2) is 17.7 Å². The molecule has 0 unspecified atom stereocenters. The van der Waals surface area contributed by atoms with Crippen LogP contribution in [0.2, 0.25) is 0 Å². The first-order valence-corrected chi connectivity index (χ1v) is 10.6. The highest BCUT2D eigenvalue weighted by atomic mass is 16.5. The van der Waals surface area contributed by atoms with Crippen molar-refractivity contribution >= 4 is 17.6 Å². The summed E-state index contributed by atoms with van der Waals surface area (Å²) >= 11 is 0. The summed E-state index contributed by atoms with van der Waals surface area (Å²) in [5.74, 6) is 1.68.